The van der Waals surface area contributed by atoms with Gasteiger partial charge in [0.1, 0.15) is 12.3 Å². The van der Waals surface area contributed by atoms with Crippen molar-refractivity contribution in [2.24, 2.45) is 0 Å². The van der Waals surface area contributed by atoms with Gasteiger partial charge in [0, 0.05) is 16.8 Å². The van der Waals surface area contributed by atoms with Crippen molar-refractivity contribution in [2.75, 3.05) is 12.4 Å². The van der Waals surface area contributed by atoms with E-state index in [-0.39, 0.29) is 23.5 Å². The number of ketones is 1. The SMILES string of the molecule is CC(=O)c1ccc(NC(=O)[C@H](C)[NH+](C)Cc2ccc(OC(F)F)cc2)cc1. The van der Waals surface area contributed by atoms with Crippen LogP contribution in [0.2, 0.25) is 0 Å². The third-order valence-electron chi connectivity index (χ3n) is 4.32. The van der Waals surface area contributed by atoms with E-state index in [1.807, 2.05) is 14.0 Å². The molecule has 2 N–H and O–H groups in total. The molecule has 144 valence electrons. The van der Waals surface area contributed by atoms with Gasteiger partial charge in [0.05, 0.1) is 7.05 Å². The predicted molar refractivity (Wildman–Crippen MR) is 98.2 cm³/mol. The molecule has 0 aliphatic rings. The summed E-state index contributed by atoms with van der Waals surface area (Å²) < 4.78 is 28.7. The number of nitrogens with one attached hydrogen (secondary N) is 2. The van der Waals surface area contributed by atoms with E-state index in [9.17, 15) is 18.4 Å². The summed E-state index contributed by atoms with van der Waals surface area (Å²) in [6, 6.07) is 12.8. The molecule has 0 aliphatic carbocycles. The Bertz CT molecular complexity index is 777. The fourth-order valence-electron chi connectivity index (χ4n) is 2.53. The molecule has 7 heteroatoms. The van der Waals surface area contributed by atoms with E-state index in [1.165, 1.54) is 19.1 Å². The number of rotatable bonds is 8. The van der Waals surface area contributed by atoms with Crippen molar-refractivity contribution in [2.45, 2.75) is 33.0 Å². The minimum Gasteiger partial charge on any atom is -0.435 e. The van der Waals surface area contributed by atoms with Crippen LogP contribution in [0.3, 0.4) is 0 Å². The molecule has 5 nitrogen and oxygen atoms in total. The first-order chi connectivity index (χ1) is 12.8. The lowest BCUT2D eigenvalue weighted by atomic mass is 10.1. The summed E-state index contributed by atoms with van der Waals surface area (Å²) in [4.78, 5) is 24.7. The summed E-state index contributed by atoms with van der Waals surface area (Å²) in [5.41, 5.74) is 2.11. The monoisotopic (exact) mass is 377 g/mol. The molecule has 0 saturated carbocycles. The van der Waals surface area contributed by atoms with Crippen molar-refractivity contribution in [1.82, 2.24) is 0 Å². The number of hydrogen-bond acceptors (Lipinski definition) is 3. The van der Waals surface area contributed by atoms with E-state index in [0.29, 0.717) is 17.8 Å². The Kier molecular flexibility index (Phi) is 7.01. The van der Waals surface area contributed by atoms with Gasteiger partial charge >= 0.3 is 6.61 Å². The van der Waals surface area contributed by atoms with E-state index in [0.717, 1.165) is 10.5 Å². The van der Waals surface area contributed by atoms with E-state index in [2.05, 4.69) is 10.1 Å². The number of hydrogen-bond donors (Lipinski definition) is 2. The first-order valence-electron chi connectivity index (χ1n) is 8.54. The summed E-state index contributed by atoms with van der Waals surface area (Å²) in [6.07, 6.45) is 0. The standard InChI is InChI=1S/C20H22F2N2O3/c1-13(19(26)23-17-8-6-16(7-9-17)14(2)25)24(3)12-15-4-10-18(11-5-15)27-20(21)22/h4-11,13,20H,12H2,1-3H3,(H,23,26)/p+1/t13-/m0/s1. The zero-order chi connectivity index (χ0) is 20.0. The molecule has 2 aromatic rings. The number of anilines is 1. The van der Waals surface area contributed by atoms with Crippen LogP contribution in [0, 0.1) is 0 Å². The van der Waals surface area contributed by atoms with Gasteiger partial charge in [-0.15, -0.1) is 0 Å². The smallest absolute Gasteiger partial charge is 0.387 e. The Morgan fingerprint density at radius 3 is 2.19 bits per heavy atom. The summed E-state index contributed by atoms with van der Waals surface area (Å²) in [7, 11) is 1.88. The maximum Gasteiger partial charge on any atom is 0.387 e. The lowest BCUT2D eigenvalue weighted by molar-refractivity contribution is -0.907. The van der Waals surface area contributed by atoms with Crippen LogP contribution in [-0.2, 0) is 11.3 Å². The van der Waals surface area contributed by atoms with E-state index in [1.54, 1.807) is 36.4 Å². The highest BCUT2D eigenvalue weighted by Crippen LogP contribution is 2.14. The zero-order valence-electron chi connectivity index (χ0n) is 15.5. The van der Waals surface area contributed by atoms with Gasteiger partial charge < -0.3 is 15.0 Å². The van der Waals surface area contributed by atoms with Crippen molar-refractivity contribution in [3.63, 3.8) is 0 Å². The van der Waals surface area contributed by atoms with Crippen LogP contribution < -0.4 is 15.0 Å². The molecule has 2 atom stereocenters. The highest BCUT2D eigenvalue weighted by atomic mass is 19.3. The minimum absolute atomic E-state index is 0.0320. The third-order valence-corrected chi connectivity index (χ3v) is 4.32. The molecule has 2 rings (SSSR count). The highest BCUT2D eigenvalue weighted by molar-refractivity contribution is 5.96. The molecule has 1 amide bonds. The first-order valence-corrected chi connectivity index (χ1v) is 8.54. The van der Waals surface area contributed by atoms with Crippen molar-refractivity contribution >= 4 is 17.4 Å². The molecule has 0 saturated heterocycles. The number of alkyl halides is 2. The number of quaternary nitrogens is 1. The number of likely N-dealkylation sites (N-methyl/N-ethyl adjacent to an activating group) is 1. The van der Waals surface area contributed by atoms with Gasteiger partial charge in [0.15, 0.2) is 11.8 Å². The fraction of sp³-hybridized carbons (Fsp3) is 0.300. The second kappa shape index (κ2) is 9.23. The highest BCUT2D eigenvalue weighted by Gasteiger charge is 2.22. The topological polar surface area (TPSA) is 59.8 Å². The van der Waals surface area contributed by atoms with Crippen LogP contribution in [0.5, 0.6) is 5.75 Å². The molecule has 0 fully saturated rings. The Labute approximate surface area is 156 Å². The minimum atomic E-state index is -2.85. The van der Waals surface area contributed by atoms with Gasteiger partial charge in [-0.05, 0) is 62.4 Å². The number of ether oxygens (including phenoxy) is 1. The molecule has 0 spiro atoms. The summed E-state index contributed by atoms with van der Waals surface area (Å²) >= 11 is 0. The molecular weight excluding hydrogens is 354 g/mol. The Morgan fingerprint density at radius 2 is 1.67 bits per heavy atom. The molecular formula is C20H23F2N2O3+. The Hall–Kier alpha value is -2.80. The van der Waals surface area contributed by atoms with Crippen LogP contribution in [0.25, 0.3) is 0 Å². The molecule has 27 heavy (non-hydrogen) atoms. The second-order valence-electron chi connectivity index (χ2n) is 6.39. The van der Waals surface area contributed by atoms with Gasteiger partial charge in [0.25, 0.3) is 5.91 Å². The van der Waals surface area contributed by atoms with Crippen LogP contribution in [0.1, 0.15) is 29.8 Å². The molecule has 0 heterocycles. The molecule has 0 aliphatic heterocycles. The molecule has 2 aromatic carbocycles. The molecule has 0 bridgehead atoms. The van der Waals surface area contributed by atoms with Crippen LogP contribution in [-0.4, -0.2) is 31.4 Å². The predicted octanol–water partition coefficient (Wildman–Crippen LogP) is 2.53. The molecule has 0 radical (unpaired) electrons. The van der Waals surface area contributed by atoms with Gasteiger partial charge in [-0.2, -0.15) is 8.78 Å². The number of benzene rings is 2. The second-order valence-corrected chi connectivity index (χ2v) is 6.39. The van der Waals surface area contributed by atoms with Crippen LogP contribution >= 0.6 is 0 Å². The number of carbonyl (C=O) groups is 2. The van der Waals surface area contributed by atoms with E-state index in [4.69, 9.17) is 0 Å². The maximum atomic E-state index is 12.4. The summed E-state index contributed by atoms with van der Waals surface area (Å²) in [6.45, 7) is 0.993. The quantitative estimate of drug-likeness (QED) is 0.695. The lowest BCUT2D eigenvalue weighted by Gasteiger charge is -2.21. The number of carbonyl (C=O) groups excluding carboxylic acids is 2. The number of halogens is 2. The number of Topliss-reactive ketones (excluding diaryl/α,β-unsaturated/α-hetero) is 1. The van der Waals surface area contributed by atoms with Crippen molar-refractivity contribution in [1.29, 1.82) is 0 Å². The lowest BCUT2D eigenvalue weighted by Crippen LogP contribution is -3.12. The van der Waals surface area contributed by atoms with Gasteiger partial charge in [0.2, 0.25) is 0 Å². The summed E-state index contributed by atoms with van der Waals surface area (Å²) in [5, 5.41) is 2.83. The number of amides is 1. The average molecular weight is 377 g/mol. The fourth-order valence-corrected chi connectivity index (χ4v) is 2.53. The zero-order valence-corrected chi connectivity index (χ0v) is 15.5. The first kappa shape index (κ1) is 20.5. The van der Waals surface area contributed by atoms with Crippen molar-refractivity contribution in [3.05, 3.63) is 59.7 Å². The Balaban J connectivity index is 1.92. The van der Waals surface area contributed by atoms with Gasteiger partial charge in [-0.25, -0.2) is 0 Å². The van der Waals surface area contributed by atoms with Crippen LogP contribution in [0.4, 0.5) is 14.5 Å². The van der Waals surface area contributed by atoms with Gasteiger partial charge in [-0.1, -0.05) is 0 Å². The summed E-state index contributed by atoms with van der Waals surface area (Å²) in [5.74, 6) is -0.0812. The average Bonchev–Trinajstić information content (AvgIpc) is 2.62. The third kappa shape index (κ3) is 6.14. The van der Waals surface area contributed by atoms with Crippen molar-refractivity contribution < 1.29 is 28.0 Å². The molecule has 1 unspecified atom stereocenters. The Morgan fingerprint density at radius 1 is 1.07 bits per heavy atom. The largest absolute Gasteiger partial charge is 0.435 e. The normalized spacial score (nSPS) is 13.1. The van der Waals surface area contributed by atoms with Crippen LogP contribution in [0.15, 0.2) is 48.5 Å². The maximum absolute atomic E-state index is 12.4. The van der Waals surface area contributed by atoms with E-state index >= 15 is 0 Å². The van der Waals surface area contributed by atoms with Crippen molar-refractivity contribution in [3.8, 4) is 5.75 Å². The van der Waals surface area contributed by atoms with Gasteiger partial charge in [-0.3, -0.25) is 9.59 Å². The van der Waals surface area contributed by atoms with E-state index < -0.39 is 6.61 Å². The molecule has 0 aromatic heterocycles.